The van der Waals surface area contributed by atoms with E-state index in [1.54, 1.807) is 4.90 Å². The van der Waals surface area contributed by atoms with Crippen LogP contribution in [0.1, 0.15) is 46.5 Å². The predicted molar refractivity (Wildman–Crippen MR) is 70.7 cm³/mol. The first-order chi connectivity index (χ1) is 8.54. The zero-order chi connectivity index (χ0) is 13.8. The van der Waals surface area contributed by atoms with Crippen LogP contribution >= 0.6 is 0 Å². The minimum absolute atomic E-state index is 0.0387. The molecule has 1 atom stereocenters. The molecule has 100 valence electrons. The molecule has 1 rings (SSSR count). The van der Waals surface area contributed by atoms with Gasteiger partial charge in [-0.25, -0.2) is 0 Å². The molecule has 0 bridgehead atoms. The Morgan fingerprint density at radius 2 is 2.00 bits per heavy atom. The van der Waals surface area contributed by atoms with Crippen LogP contribution in [-0.2, 0) is 9.59 Å². The molecule has 0 aromatic heterocycles. The van der Waals surface area contributed by atoms with E-state index in [0.29, 0.717) is 32.2 Å². The first kappa shape index (κ1) is 14.6. The van der Waals surface area contributed by atoms with Crippen molar-refractivity contribution in [3.63, 3.8) is 0 Å². The van der Waals surface area contributed by atoms with Gasteiger partial charge in [0.05, 0.1) is 6.04 Å². The smallest absolute Gasteiger partial charge is 0.249 e. The van der Waals surface area contributed by atoms with E-state index >= 15 is 0 Å². The SMILES string of the molecule is C#CC(CC)N1CCC(=O)NC(CC)(CC)C1=O. The quantitative estimate of drug-likeness (QED) is 0.765. The summed E-state index contributed by atoms with van der Waals surface area (Å²) in [6, 6.07) is -0.220. The fourth-order valence-corrected chi connectivity index (χ4v) is 2.44. The first-order valence-corrected chi connectivity index (χ1v) is 6.62. The molecule has 1 saturated heterocycles. The molecule has 0 aromatic rings. The Morgan fingerprint density at radius 1 is 1.39 bits per heavy atom. The number of terminal acetylenes is 1. The molecule has 1 N–H and O–H groups in total. The molecule has 4 nitrogen and oxygen atoms in total. The molecule has 1 heterocycles. The highest BCUT2D eigenvalue weighted by molar-refractivity contribution is 5.93. The number of carbonyl (C=O) groups is 2. The van der Waals surface area contributed by atoms with Gasteiger partial charge in [-0.05, 0) is 19.3 Å². The average molecular weight is 250 g/mol. The predicted octanol–water partition coefficient (Wildman–Crippen LogP) is 1.31. The lowest BCUT2D eigenvalue weighted by atomic mass is 9.90. The maximum Gasteiger partial charge on any atom is 0.249 e. The molecular weight excluding hydrogens is 228 g/mol. The molecule has 0 radical (unpaired) electrons. The second-order valence-corrected chi connectivity index (χ2v) is 4.68. The number of hydrogen-bond acceptors (Lipinski definition) is 2. The Kier molecular flexibility index (Phi) is 4.77. The van der Waals surface area contributed by atoms with Gasteiger partial charge in [-0.2, -0.15) is 0 Å². The molecule has 1 aliphatic rings. The van der Waals surface area contributed by atoms with Crippen LogP contribution in [0.4, 0.5) is 0 Å². The molecule has 4 heteroatoms. The van der Waals surface area contributed by atoms with E-state index in [9.17, 15) is 9.59 Å². The minimum atomic E-state index is -0.780. The molecule has 2 amide bonds. The monoisotopic (exact) mass is 250 g/mol. The Bertz CT molecular complexity index is 366. The Morgan fingerprint density at radius 3 is 2.44 bits per heavy atom. The van der Waals surface area contributed by atoms with Crippen LogP contribution in [0.3, 0.4) is 0 Å². The molecule has 1 aliphatic heterocycles. The summed E-state index contributed by atoms with van der Waals surface area (Å²) in [5.41, 5.74) is -0.780. The van der Waals surface area contributed by atoms with E-state index in [-0.39, 0.29) is 17.9 Å². The van der Waals surface area contributed by atoms with E-state index in [1.165, 1.54) is 0 Å². The number of rotatable bonds is 4. The van der Waals surface area contributed by atoms with Crippen molar-refractivity contribution in [3.8, 4) is 12.3 Å². The Labute approximate surface area is 109 Å². The summed E-state index contributed by atoms with van der Waals surface area (Å²) >= 11 is 0. The summed E-state index contributed by atoms with van der Waals surface area (Å²) < 4.78 is 0. The molecular formula is C14H22N2O2. The van der Waals surface area contributed by atoms with Gasteiger partial charge in [-0.3, -0.25) is 9.59 Å². The summed E-state index contributed by atoms with van der Waals surface area (Å²) in [4.78, 5) is 26.1. The Balaban J connectivity index is 3.11. The van der Waals surface area contributed by atoms with Gasteiger partial charge < -0.3 is 10.2 Å². The zero-order valence-corrected chi connectivity index (χ0v) is 11.5. The third kappa shape index (κ3) is 2.50. The van der Waals surface area contributed by atoms with Crippen LogP contribution in [0.15, 0.2) is 0 Å². The van der Waals surface area contributed by atoms with E-state index in [4.69, 9.17) is 6.42 Å². The van der Waals surface area contributed by atoms with Gasteiger partial charge in [-0.1, -0.05) is 26.7 Å². The molecule has 0 aliphatic carbocycles. The summed E-state index contributed by atoms with van der Waals surface area (Å²) in [5, 5.41) is 2.88. The van der Waals surface area contributed by atoms with Crippen LogP contribution in [-0.4, -0.2) is 34.8 Å². The highest BCUT2D eigenvalue weighted by Crippen LogP contribution is 2.23. The van der Waals surface area contributed by atoms with Crippen molar-refractivity contribution >= 4 is 11.8 Å². The van der Waals surface area contributed by atoms with Gasteiger partial charge in [0.2, 0.25) is 11.8 Å². The number of nitrogens with zero attached hydrogens (tertiary/aromatic N) is 1. The number of hydrogen-bond donors (Lipinski definition) is 1. The second-order valence-electron chi connectivity index (χ2n) is 4.68. The highest BCUT2D eigenvalue weighted by atomic mass is 16.2. The second kappa shape index (κ2) is 5.90. The van der Waals surface area contributed by atoms with Gasteiger partial charge in [-0.15, -0.1) is 6.42 Å². The van der Waals surface area contributed by atoms with Gasteiger partial charge in [0, 0.05) is 13.0 Å². The molecule has 1 unspecified atom stereocenters. The third-order valence-corrected chi connectivity index (χ3v) is 3.79. The molecule has 1 fully saturated rings. The van der Waals surface area contributed by atoms with Gasteiger partial charge in [0.1, 0.15) is 5.54 Å². The van der Waals surface area contributed by atoms with Gasteiger partial charge >= 0.3 is 0 Å². The molecule has 0 aromatic carbocycles. The van der Waals surface area contributed by atoms with Crippen LogP contribution in [0.25, 0.3) is 0 Å². The minimum Gasteiger partial charge on any atom is -0.342 e. The molecule has 0 spiro atoms. The first-order valence-electron chi connectivity index (χ1n) is 6.62. The number of amides is 2. The molecule has 0 saturated carbocycles. The average Bonchev–Trinajstić information content (AvgIpc) is 2.51. The number of nitrogens with one attached hydrogen (secondary N) is 1. The molecule has 18 heavy (non-hydrogen) atoms. The topological polar surface area (TPSA) is 49.4 Å². The largest absolute Gasteiger partial charge is 0.342 e. The summed E-state index contributed by atoms with van der Waals surface area (Å²) in [6.07, 6.45) is 7.70. The normalized spacial score (nSPS) is 20.9. The van der Waals surface area contributed by atoms with Crippen LogP contribution in [0, 0.1) is 12.3 Å². The van der Waals surface area contributed by atoms with Gasteiger partial charge in [0.15, 0.2) is 0 Å². The van der Waals surface area contributed by atoms with E-state index in [0.717, 1.165) is 0 Å². The third-order valence-electron chi connectivity index (χ3n) is 3.79. The maximum atomic E-state index is 12.6. The van der Waals surface area contributed by atoms with E-state index in [1.807, 2.05) is 20.8 Å². The summed E-state index contributed by atoms with van der Waals surface area (Å²) in [5.74, 6) is 2.54. The summed E-state index contributed by atoms with van der Waals surface area (Å²) in [7, 11) is 0. The van der Waals surface area contributed by atoms with Crippen LogP contribution in [0.5, 0.6) is 0 Å². The zero-order valence-electron chi connectivity index (χ0n) is 11.5. The number of carbonyl (C=O) groups excluding carboxylic acids is 2. The van der Waals surface area contributed by atoms with Crippen LogP contribution < -0.4 is 5.32 Å². The van der Waals surface area contributed by atoms with Gasteiger partial charge in [0.25, 0.3) is 0 Å². The fraction of sp³-hybridized carbons (Fsp3) is 0.714. The maximum absolute atomic E-state index is 12.6. The van der Waals surface area contributed by atoms with Crippen molar-refractivity contribution in [3.05, 3.63) is 0 Å². The highest BCUT2D eigenvalue weighted by Gasteiger charge is 2.43. The summed E-state index contributed by atoms with van der Waals surface area (Å²) in [6.45, 7) is 6.21. The van der Waals surface area contributed by atoms with E-state index in [2.05, 4.69) is 11.2 Å². The van der Waals surface area contributed by atoms with Crippen molar-refractivity contribution in [1.82, 2.24) is 10.2 Å². The lowest BCUT2D eigenvalue weighted by molar-refractivity contribution is -0.140. The Hall–Kier alpha value is -1.50. The van der Waals surface area contributed by atoms with Crippen LogP contribution in [0.2, 0.25) is 0 Å². The van der Waals surface area contributed by atoms with Crippen molar-refractivity contribution in [2.45, 2.75) is 58.0 Å². The van der Waals surface area contributed by atoms with Crippen molar-refractivity contribution in [2.24, 2.45) is 0 Å². The standard InChI is InChI=1S/C14H22N2O2/c1-5-11(6-2)16-10-9-12(17)15-14(7-3,8-4)13(16)18/h1,11H,6-10H2,2-4H3,(H,15,17). The van der Waals surface area contributed by atoms with Crippen molar-refractivity contribution < 1.29 is 9.59 Å². The fourth-order valence-electron chi connectivity index (χ4n) is 2.44. The van der Waals surface area contributed by atoms with Crippen molar-refractivity contribution in [1.29, 1.82) is 0 Å². The van der Waals surface area contributed by atoms with E-state index < -0.39 is 5.54 Å². The lowest BCUT2D eigenvalue weighted by Gasteiger charge is -2.35. The van der Waals surface area contributed by atoms with Crippen molar-refractivity contribution in [2.75, 3.05) is 6.54 Å². The lowest BCUT2D eigenvalue weighted by Crippen LogP contribution is -2.58.